The normalized spacial score (nSPS) is 11.2. The molecule has 0 saturated carbocycles. The monoisotopic (exact) mass is 238 g/mol. The lowest BCUT2D eigenvalue weighted by Crippen LogP contribution is -2.45. The minimum Gasteiger partial charge on any atom is -0.478 e. The summed E-state index contributed by atoms with van der Waals surface area (Å²) in [6.07, 6.45) is 0.401. The van der Waals surface area contributed by atoms with E-state index in [1.54, 1.807) is 6.92 Å². The Morgan fingerprint density at radius 2 is 1.71 bits per heavy atom. The van der Waals surface area contributed by atoms with Gasteiger partial charge in [-0.05, 0) is 24.1 Å². The standard InChI is InChI=1S/C11H14N2O4/c1-2-11(12,13)6-3-4-7(9(14)15)8(5-6)10(16)17/h3-5H,2,12-13H2,1H3,(H,14,15)(H,16,17). The van der Waals surface area contributed by atoms with Crippen LogP contribution in [0.25, 0.3) is 0 Å². The molecule has 17 heavy (non-hydrogen) atoms. The summed E-state index contributed by atoms with van der Waals surface area (Å²) in [4.78, 5) is 21.8. The third-order valence-corrected chi connectivity index (χ3v) is 2.60. The summed E-state index contributed by atoms with van der Waals surface area (Å²) in [6, 6.07) is 3.83. The molecular weight excluding hydrogens is 224 g/mol. The zero-order valence-electron chi connectivity index (χ0n) is 9.30. The fraction of sp³-hybridized carbons (Fsp3) is 0.273. The second kappa shape index (κ2) is 4.52. The van der Waals surface area contributed by atoms with Crippen molar-refractivity contribution in [1.29, 1.82) is 0 Å². The average Bonchev–Trinajstić information content (AvgIpc) is 2.28. The Bertz CT molecular complexity index is 469. The number of nitrogens with two attached hydrogens (primary N) is 2. The second-order valence-electron chi connectivity index (χ2n) is 3.76. The summed E-state index contributed by atoms with van der Waals surface area (Å²) in [7, 11) is 0. The summed E-state index contributed by atoms with van der Waals surface area (Å²) < 4.78 is 0. The first-order valence-electron chi connectivity index (χ1n) is 4.98. The van der Waals surface area contributed by atoms with Gasteiger partial charge in [-0.25, -0.2) is 9.59 Å². The molecule has 0 saturated heterocycles. The Labute approximate surface area is 97.8 Å². The van der Waals surface area contributed by atoms with Crippen molar-refractivity contribution in [3.8, 4) is 0 Å². The Morgan fingerprint density at radius 1 is 1.18 bits per heavy atom. The van der Waals surface area contributed by atoms with E-state index in [-0.39, 0.29) is 11.1 Å². The molecule has 1 aromatic rings. The number of rotatable bonds is 4. The Morgan fingerprint density at radius 3 is 2.12 bits per heavy atom. The van der Waals surface area contributed by atoms with E-state index in [1.165, 1.54) is 18.2 Å². The molecule has 0 unspecified atom stereocenters. The van der Waals surface area contributed by atoms with Gasteiger partial charge in [-0.3, -0.25) is 0 Å². The van der Waals surface area contributed by atoms with E-state index in [2.05, 4.69) is 0 Å². The molecule has 6 heteroatoms. The van der Waals surface area contributed by atoms with E-state index in [4.69, 9.17) is 21.7 Å². The molecule has 92 valence electrons. The van der Waals surface area contributed by atoms with Crippen LogP contribution in [0.4, 0.5) is 0 Å². The first kappa shape index (κ1) is 13.1. The molecule has 6 nitrogen and oxygen atoms in total. The molecule has 0 radical (unpaired) electrons. The fourth-order valence-corrected chi connectivity index (χ4v) is 1.40. The zero-order chi connectivity index (χ0) is 13.2. The molecule has 1 aromatic carbocycles. The van der Waals surface area contributed by atoms with Gasteiger partial charge in [0.05, 0.1) is 16.8 Å². The maximum atomic E-state index is 10.9. The number of carboxylic acids is 2. The van der Waals surface area contributed by atoms with Crippen molar-refractivity contribution in [2.75, 3.05) is 0 Å². The molecule has 6 N–H and O–H groups in total. The smallest absolute Gasteiger partial charge is 0.336 e. The molecule has 0 aliphatic heterocycles. The fourth-order valence-electron chi connectivity index (χ4n) is 1.40. The number of aromatic carboxylic acids is 2. The summed E-state index contributed by atoms with van der Waals surface area (Å²) in [5.74, 6) is -2.62. The molecular formula is C11H14N2O4. The Balaban J connectivity index is 3.38. The van der Waals surface area contributed by atoms with E-state index in [0.29, 0.717) is 12.0 Å². The molecule has 0 atom stereocenters. The minimum absolute atomic E-state index is 0.284. The molecule has 0 amide bonds. The van der Waals surface area contributed by atoms with Crippen LogP contribution in [-0.2, 0) is 5.66 Å². The molecule has 0 heterocycles. The predicted molar refractivity (Wildman–Crippen MR) is 60.7 cm³/mol. The molecule has 0 aliphatic carbocycles. The molecule has 0 bridgehead atoms. The number of benzene rings is 1. The van der Waals surface area contributed by atoms with E-state index >= 15 is 0 Å². The molecule has 0 aliphatic rings. The molecule has 0 spiro atoms. The lowest BCUT2D eigenvalue weighted by atomic mass is 9.94. The van der Waals surface area contributed by atoms with Crippen molar-refractivity contribution < 1.29 is 19.8 Å². The van der Waals surface area contributed by atoms with Crippen molar-refractivity contribution in [3.05, 3.63) is 34.9 Å². The van der Waals surface area contributed by atoms with E-state index in [0.717, 1.165) is 0 Å². The molecule has 0 fully saturated rings. The van der Waals surface area contributed by atoms with Gasteiger partial charge >= 0.3 is 11.9 Å². The Kier molecular flexibility index (Phi) is 3.50. The summed E-state index contributed by atoms with van der Waals surface area (Å²) in [5, 5.41) is 17.8. The van der Waals surface area contributed by atoms with Crippen LogP contribution in [0.15, 0.2) is 18.2 Å². The van der Waals surface area contributed by atoms with E-state index in [9.17, 15) is 9.59 Å². The minimum atomic E-state index is -1.32. The van der Waals surface area contributed by atoms with Crippen molar-refractivity contribution in [2.24, 2.45) is 11.5 Å². The number of carboxylic acid groups (broad SMARTS) is 2. The van der Waals surface area contributed by atoms with Gasteiger partial charge < -0.3 is 21.7 Å². The van der Waals surface area contributed by atoms with Gasteiger partial charge in [-0.2, -0.15) is 0 Å². The van der Waals surface area contributed by atoms with Crippen LogP contribution in [0, 0.1) is 0 Å². The van der Waals surface area contributed by atoms with Crippen molar-refractivity contribution in [1.82, 2.24) is 0 Å². The van der Waals surface area contributed by atoms with Crippen LogP contribution in [0.1, 0.15) is 39.6 Å². The lowest BCUT2D eigenvalue weighted by Gasteiger charge is -2.23. The average molecular weight is 238 g/mol. The number of carbonyl (C=O) groups is 2. The van der Waals surface area contributed by atoms with Gasteiger partial charge in [0.25, 0.3) is 0 Å². The summed E-state index contributed by atoms with van der Waals surface area (Å²) in [5.41, 5.74) is 10.2. The van der Waals surface area contributed by atoms with Crippen molar-refractivity contribution in [2.45, 2.75) is 19.0 Å². The van der Waals surface area contributed by atoms with Crippen LogP contribution in [-0.4, -0.2) is 22.2 Å². The molecule has 0 aromatic heterocycles. The first-order chi connectivity index (χ1) is 7.79. The van der Waals surface area contributed by atoms with Gasteiger partial charge in [0.1, 0.15) is 0 Å². The largest absolute Gasteiger partial charge is 0.478 e. The third-order valence-electron chi connectivity index (χ3n) is 2.60. The van der Waals surface area contributed by atoms with Crippen LogP contribution < -0.4 is 11.5 Å². The van der Waals surface area contributed by atoms with Gasteiger partial charge in [0.15, 0.2) is 0 Å². The quantitative estimate of drug-likeness (QED) is 0.568. The highest BCUT2D eigenvalue weighted by molar-refractivity contribution is 6.01. The topological polar surface area (TPSA) is 127 Å². The third kappa shape index (κ3) is 2.61. The summed E-state index contributed by atoms with van der Waals surface area (Å²) in [6.45, 7) is 1.76. The predicted octanol–water partition coefficient (Wildman–Crippen LogP) is 0.563. The highest BCUT2D eigenvalue weighted by atomic mass is 16.4. The van der Waals surface area contributed by atoms with Gasteiger partial charge in [-0.15, -0.1) is 0 Å². The van der Waals surface area contributed by atoms with E-state index in [1.807, 2.05) is 0 Å². The first-order valence-corrected chi connectivity index (χ1v) is 4.98. The molecule has 1 rings (SSSR count). The number of hydrogen-bond acceptors (Lipinski definition) is 4. The second-order valence-corrected chi connectivity index (χ2v) is 3.76. The SMILES string of the molecule is CCC(N)(N)c1ccc(C(=O)O)c(C(=O)O)c1. The van der Waals surface area contributed by atoms with Gasteiger partial charge in [-0.1, -0.05) is 13.0 Å². The van der Waals surface area contributed by atoms with Crippen LogP contribution in [0.3, 0.4) is 0 Å². The van der Waals surface area contributed by atoms with Crippen LogP contribution >= 0.6 is 0 Å². The zero-order valence-corrected chi connectivity index (χ0v) is 9.30. The Hall–Kier alpha value is -1.92. The van der Waals surface area contributed by atoms with Gasteiger partial charge in [0, 0.05) is 0 Å². The van der Waals surface area contributed by atoms with Crippen LogP contribution in [0.5, 0.6) is 0 Å². The maximum Gasteiger partial charge on any atom is 0.336 e. The number of hydrogen-bond donors (Lipinski definition) is 4. The van der Waals surface area contributed by atoms with Crippen LogP contribution in [0.2, 0.25) is 0 Å². The highest BCUT2D eigenvalue weighted by Crippen LogP contribution is 2.20. The van der Waals surface area contributed by atoms with E-state index < -0.39 is 17.6 Å². The maximum absolute atomic E-state index is 10.9. The van der Waals surface area contributed by atoms with Crippen molar-refractivity contribution in [3.63, 3.8) is 0 Å². The summed E-state index contributed by atoms with van der Waals surface area (Å²) >= 11 is 0. The highest BCUT2D eigenvalue weighted by Gasteiger charge is 2.23. The van der Waals surface area contributed by atoms with Gasteiger partial charge in [0.2, 0.25) is 0 Å². The lowest BCUT2D eigenvalue weighted by molar-refractivity contribution is 0.0651. The van der Waals surface area contributed by atoms with Crippen molar-refractivity contribution >= 4 is 11.9 Å².